The maximum absolute atomic E-state index is 6.07. The monoisotopic (exact) mass is 602 g/mol. The summed E-state index contributed by atoms with van der Waals surface area (Å²) in [5, 5.41) is 0.224. The molecule has 0 heterocycles. The molecule has 0 bridgehead atoms. The summed E-state index contributed by atoms with van der Waals surface area (Å²) in [7, 11) is -1.69. The van der Waals surface area contributed by atoms with Crippen LogP contribution in [-0.2, 0) is 42.3 Å². The van der Waals surface area contributed by atoms with Crippen LogP contribution >= 0.6 is 11.6 Å². The zero-order valence-corrected chi connectivity index (χ0v) is 27.4. The summed E-state index contributed by atoms with van der Waals surface area (Å²) in [6.07, 6.45) is 4.52. The van der Waals surface area contributed by atoms with Gasteiger partial charge in [0.25, 0.3) is 0 Å². The van der Waals surface area contributed by atoms with Gasteiger partial charge in [0.05, 0.1) is 106 Å². The highest BCUT2D eigenvalue weighted by atomic mass is 35.5. The van der Waals surface area contributed by atoms with Crippen LogP contribution in [0, 0.1) is 0 Å². The standard InChI is InChI=1S/C28H59ClO9Si/c1-28(2,3)39(4,5)38-27-26-37-25-24-36-23-22-35-21-20-34-19-18-33-17-16-32-15-14-31-13-12-30-11-9-7-6-8-10-29/h6-27H2,1-5H3. The van der Waals surface area contributed by atoms with Gasteiger partial charge in [0, 0.05) is 12.5 Å². The molecule has 0 radical (unpaired) electrons. The Labute approximate surface area is 244 Å². The van der Waals surface area contributed by atoms with Gasteiger partial charge in [-0.2, -0.15) is 0 Å². The molecule has 0 aromatic heterocycles. The third-order valence-electron chi connectivity index (χ3n) is 6.27. The molecule has 0 spiro atoms. The number of halogens is 1. The van der Waals surface area contributed by atoms with Gasteiger partial charge in [0.15, 0.2) is 8.32 Å². The van der Waals surface area contributed by atoms with E-state index in [-0.39, 0.29) is 5.04 Å². The van der Waals surface area contributed by atoms with Gasteiger partial charge in [-0.25, -0.2) is 0 Å². The molecule has 11 heteroatoms. The smallest absolute Gasteiger partial charge is 0.192 e. The number of alkyl halides is 1. The quantitative estimate of drug-likeness (QED) is 0.0622. The van der Waals surface area contributed by atoms with Crippen LogP contribution in [0.2, 0.25) is 18.1 Å². The minimum atomic E-state index is -1.69. The Hall–Kier alpha value is 0.147. The van der Waals surface area contributed by atoms with E-state index in [0.717, 1.165) is 25.3 Å². The number of hydrogen-bond donors (Lipinski definition) is 0. The van der Waals surface area contributed by atoms with E-state index >= 15 is 0 Å². The Bertz CT molecular complexity index is 496. The Morgan fingerprint density at radius 1 is 0.410 bits per heavy atom. The van der Waals surface area contributed by atoms with Crippen molar-refractivity contribution in [1.29, 1.82) is 0 Å². The highest BCUT2D eigenvalue weighted by Gasteiger charge is 2.36. The molecule has 0 aromatic rings. The molecule has 39 heavy (non-hydrogen) atoms. The fraction of sp³-hybridized carbons (Fsp3) is 1.00. The number of rotatable bonds is 31. The summed E-state index contributed by atoms with van der Waals surface area (Å²) in [5.74, 6) is 0.748. The van der Waals surface area contributed by atoms with E-state index in [1.165, 1.54) is 12.8 Å². The predicted octanol–water partition coefficient (Wildman–Crippen LogP) is 4.94. The lowest BCUT2D eigenvalue weighted by atomic mass is 10.2. The zero-order chi connectivity index (χ0) is 28.9. The number of unbranched alkanes of at least 4 members (excludes halogenated alkanes) is 3. The first-order valence-corrected chi connectivity index (χ1v) is 18.1. The maximum Gasteiger partial charge on any atom is 0.192 e. The first-order chi connectivity index (χ1) is 18.8. The Morgan fingerprint density at radius 3 is 1.00 bits per heavy atom. The summed E-state index contributed by atoms with van der Waals surface area (Å²) in [5.41, 5.74) is 0. The lowest BCUT2D eigenvalue weighted by Gasteiger charge is -2.36. The second-order valence-electron chi connectivity index (χ2n) is 10.6. The van der Waals surface area contributed by atoms with Crippen molar-refractivity contribution in [3.8, 4) is 0 Å². The van der Waals surface area contributed by atoms with Crippen molar-refractivity contribution in [2.45, 2.75) is 64.6 Å². The van der Waals surface area contributed by atoms with Crippen LogP contribution in [0.25, 0.3) is 0 Å². The van der Waals surface area contributed by atoms with Crippen molar-refractivity contribution in [2.75, 3.05) is 118 Å². The average Bonchev–Trinajstić information content (AvgIpc) is 2.89. The average molecular weight is 603 g/mol. The summed E-state index contributed by atoms with van der Waals surface area (Å²) in [6, 6.07) is 0. The molecule has 0 aromatic carbocycles. The molecule has 0 aliphatic rings. The molecular formula is C28H59ClO9Si. The summed E-state index contributed by atoms with van der Waals surface area (Å²) < 4.78 is 50.1. The second kappa shape index (κ2) is 28.3. The maximum atomic E-state index is 6.07. The van der Waals surface area contributed by atoms with Crippen LogP contribution in [0.3, 0.4) is 0 Å². The van der Waals surface area contributed by atoms with E-state index < -0.39 is 8.32 Å². The topological polar surface area (TPSA) is 83.1 Å². The zero-order valence-electron chi connectivity index (χ0n) is 25.6. The van der Waals surface area contributed by atoms with E-state index in [9.17, 15) is 0 Å². The fourth-order valence-electron chi connectivity index (χ4n) is 2.87. The number of ether oxygens (including phenoxy) is 8. The van der Waals surface area contributed by atoms with Crippen LogP contribution in [0.5, 0.6) is 0 Å². The molecule has 0 saturated carbocycles. The SMILES string of the molecule is CC(C)(C)[Si](C)(C)OCCOCCOCCOCCOCCOCCOCCOCCOCCCCCCCl. The molecule has 0 saturated heterocycles. The van der Waals surface area contributed by atoms with Crippen LogP contribution in [-0.4, -0.2) is 127 Å². The summed E-state index contributed by atoms with van der Waals surface area (Å²) in [6.45, 7) is 21.0. The molecule has 0 aliphatic carbocycles. The molecule has 9 nitrogen and oxygen atoms in total. The van der Waals surface area contributed by atoms with Gasteiger partial charge in [-0.3, -0.25) is 0 Å². The van der Waals surface area contributed by atoms with Gasteiger partial charge < -0.3 is 42.3 Å². The van der Waals surface area contributed by atoms with Gasteiger partial charge in [-0.1, -0.05) is 33.6 Å². The van der Waals surface area contributed by atoms with Crippen LogP contribution in [0.4, 0.5) is 0 Å². The predicted molar refractivity (Wildman–Crippen MR) is 159 cm³/mol. The van der Waals surface area contributed by atoms with Crippen molar-refractivity contribution in [3.05, 3.63) is 0 Å². The van der Waals surface area contributed by atoms with Crippen molar-refractivity contribution in [3.63, 3.8) is 0 Å². The highest BCUT2D eigenvalue weighted by molar-refractivity contribution is 6.74. The van der Waals surface area contributed by atoms with Gasteiger partial charge >= 0.3 is 0 Å². The van der Waals surface area contributed by atoms with Crippen molar-refractivity contribution >= 4 is 19.9 Å². The molecule has 0 atom stereocenters. The minimum Gasteiger partial charge on any atom is -0.414 e. The molecular weight excluding hydrogens is 544 g/mol. The lowest BCUT2D eigenvalue weighted by Crippen LogP contribution is -2.41. The van der Waals surface area contributed by atoms with E-state index in [1.807, 2.05) is 0 Å². The van der Waals surface area contributed by atoms with Crippen LogP contribution in [0.1, 0.15) is 46.5 Å². The Kier molecular flexibility index (Phi) is 28.4. The second-order valence-corrected chi connectivity index (χ2v) is 15.8. The molecule has 0 amide bonds. The lowest BCUT2D eigenvalue weighted by molar-refractivity contribution is -0.0237. The summed E-state index contributed by atoms with van der Waals surface area (Å²) >= 11 is 5.65. The van der Waals surface area contributed by atoms with Crippen LogP contribution < -0.4 is 0 Å². The fourth-order valence-corrected chi connectivity index (χ4v) is 4.08. The molecule has 0 unspecified atom stereocenters. The molecule has 0 aliphatic heterocycles. The van der Waals surface area contributed by atoms with Crippen LogP contribution in [0.15, 0.2) is 0 Å². The van der Waals surface area contributed by atoms with E-state index in [0.29, 0.717) is 106 Å². The van der Waals surface area contributed by atoms with E-state index in [4.69, 9.17) is 53.9 Å². The van der Waals surface area contributed by atoms with Crippen molar-refractivity contribution < 1.29 is 42.3 Å². The molecule has 0 fully saturated rings. The van der Waals surface area contributed by atoms with E-state index in [1.54, 1.807) is 0 Å². The van der Waals surface area contributed by atoms with E-state index in [2.05, 4.69) is 33.9 Å². The van der Waals surface area contributed by atoms with Gasteiger partial charge in [-0.05, 0) is 31.0 Å². The highest BCUT2D eigenvalue weighted by Crippen LogP contribution is 2.36. The normalized spacial score (nSPS) is 12.5. The summed E-state index contributed by atoms with van der Waals surface area (Å²) in [4.78, 5) is 0. The first kappa shape index (κ1) is 39.1. The third-order valence-corrected chi connectivity index (χ3v) is 11.1. The van der Waals surface area contributed by atoms with Crippen molar-refractivity contribution in [2.24, 2.45) is 0 Å². The molecule has 0 rings (SSSR count). The Morgan fingerprint density at radius 2 is 0.692 bits per heavy atom. The van der Waals surface area contributed by atoms with Crippen molar-refractivity contribution in [1.82, 2.24) is 0 Å². The number of hydrogen-bond acceptors (Lipinski definition) is 9. The van der Waals surface area contributed by atoms with Gasteiger partial charge in [0.1, 0.15) is 0 Å². The largest absolute Gasteiger partial charge is 0.414 e. The molecule has 236 valence electrons. The Balaban J connectivity index is 3.13. The third kappa shape index (κ3) is 28.1. The first-order valence-electron chi connectivity index (χ1n) is 14.6. The van der Waals surface area contributed by atoms with Gasteiger partial charge in [-0.15, -0.1) is 11.6 Å². The minimum absolute atomic E-state index is 0.224. The molecule has 0 N–H and O–H groups in total. The van der Waals surface area contributed by atoms with Gasteiger partial charge in [0.2, 0.25) is 0 Å².